The maximum atomic E-state index is 12.1. The molecule has 1 aromatic rings. The molecule has 0 aliphatic heterocycles. The number of rotatable bonds is 3. The van der Waals surface area contributed by atoms with Crippen LogP contribution in [0.5, 0.6) is 5.75 Å². The summed E-state index contributed by atoms with van der Waals surface area (Å²) in [6, 6.07) is 3.89. The largest absolute Gasteiger partial charge is 0.433 e. The number of alkyl halides is 2. The molecule has 0 aromatic heterocycles. The highest BCUT2D eigenvalue weighted by Crippen LogP contribution is 2.31. The first-order valence-corrected chi connectivity index (χ1v) is 4.94. The molecule has 6 nitrogen and oxygen atoms in total. The minimum atomic E-state index is -3.00. The normalized spacial score (nSPS) is 11.4. The molecule has 6 N–H and O–H groups in total. The highest BCUT2D eigenvalue weighted by Gasteiger charge is 2.10. The summed E-state index contributed by atoms with van der Waals surface area (Å²) in [5, 5.41) is 0.271. The van der Waals surface area contributed by atoms with Crippen LogP contribution in [0, 0.1) is 0 Å². The summed E-state index contributed by atoms with van der Waals surface area (Å²) < 4.78 is 28.5. The molecule has 0 aliphatic rings. The predicted molar refractivity (Wildman–Crippen MR) is 65.2 cm³/mol. The van der Waals surface area contributed by atoms with E-state index in [2.05, 4.69) is 14.7 Å². The zero-order valence-electron chi connectivity index (χ0n) is 8.98. The number of nitrogens with zero attached hydrogens (tertiary/aromatic N) is 2. The Hall–Kier alpha value is -2.09. The zero-order valence-corrected chi connectivity index (χ0v) is 9.73. The molecule has 0 aliphatic carbocycles. The molecule has 0 bridgehead atoms. The summed E-state index contributed by atoms with van der Waals surface area (Å²) in [6.07, 6.45) is 0. The van der Waals surface area contributed by atoms with Gasteiger partial charge >= 0.3 is 6.61 Å². The molecule has 18 heavy (non-hydrogen) atoms. The molecule has 98 valence electrons. The van der Waals surface area contributed by atoms with Crippen LogP contribution in [0.1, 0.15) is 0 Å². The lowest BCUT2D eigenvalue weighted by atomic mass is 10.3. The van der Waals surface area contributed by atoms with E-state index in [4.69, 9.17) is 28.8 Å². The third-order valence-corrected chi connectivity index (χ3v) is 1.85. The molecule has 0 spiro atoms. The molecular formula is C9H10ClF2N5O. The van der Waals surface area contributed by atoms with E-state index in [-0.39, 0.29) is 28.4 Å². The lowest BCUT2D eigenvalue weighted by molar-refractivity contribution is -0.0494. The molecule has 9 heteroatoms. The average molecular weight is 278 g/mol. The van der Waals surface area contributed by atoms with Gasteiger partial charge in [-0.1, -0.05) is 11.6 Å². The van der Waals surface area contributed by atoms with Gasteiger partial charge in [-0.3, -0.25) is 0 Å². The van der Waals surface area contributed by atoms with Crippen molar-refractivity contribution < 1.29 is 13.5 Å². The molecule has 0 amide bonds. The Kier molecular flexibility index (Phi) is 4.67. The van der Waals surface area contributed by atoms with Crippen molar-refractivity contribution in [2.75, 3.05) is 0 Å². The standard InChI is InChI=1S/C9H10ClF2N5O/c10-4-1-2-6(18-7(11)12)5(3-4)16-9(15)17-8(13)14/h1-3,7H,(H6,13,14,15,16,17). The van der Waals surface area contributed by atoms with Crippen molar-refractivity contribution >= 4 is 29.2 Å². The number of hydrogen-bond acceptors (Lipinski definition) is 2. The molecule has 0 saturated carbocycles. The summed E-state index contributed by atoms with van der Waals surface area (Å²) in [5.74, 6) is -0.811. The Morgan fingerprint density at radius 3 is 2.50 bits per heavy atom. The van der Waals surface area contributed by atoms with Crippen molar-refractivity contribution in [2.45, 2.75) is 6.61 Å². The zero-order chi connectivity index (χ0) is 13.7. The number of guanidine groups is 2. The van der Waals surface area contributed by atoms with Gasteiger partial charge in [0.05, 0.1) is 0 Å². The van der Waals surface area contributed by atoms with Crippen molar-refractivity contribution in [3.8, 4) is 5.75 Å². The first-order chi connectivity index (χ1) is 8.38. The van der Waals surface area contributed by atoms with Crippen LogP contribution in [0.4, 0.5) is 14.5 Å². The van der Waals surface area contributed by atoms with Crippen molar-refractivity contribution in [1.82, 2.24) is 0 Å². The molecular weight excluding hydrogens is 268 g/mol. The molecule has 1 aromatic carbocycles. The van der Waals surface area contributed by atoms with Crippen LogP contribution in [-0.4, -0.2) is 18.5 Å². The fraction of sp³-hybridized carbons (Fsp3) is 0.111. The average Bonchev–Trinajstić information content (AvgIpc) is 2.20. The lowest BCUT2D eigenvalue weighted by Gasteiger charge is -2.07. The molecule has 1 rings (SSSR count). The molecule has 0 heterocycles. The van der Waals surface area contributed by atoms with Gasteiger partial charge in [0, 0.05) is 5.02 Å². The van der Waals surface area contributed by atoms with Crippen molar-refractivity contribution in [1.29, 1.82) is 0 Å². The highest BCUT2D eigenvalue weighted by molar-refractivity contribution is 6.30. The van der Waals surface area contributed by atoms with Gasteiger partial charge in [0.15, 0.2) is 11.7 Å². The van der Waals surface area contributed by atoms with Crippen LogP contribution in [0.15, 0.2) is 28.2 Å². The quantitative estimate of drug-likeness (QED) is 0.568. The van der Waals surface area contributed by atoms with Crippen LogP contribution < -0.4 is 21.9 Å². The van der Waals surface area contributed by atoms with E-state index < -0.39 is 6.61 Å². The minimum absolute atomic E-state index is 0.00898. The van der Waals surface area contributed by atoms with Crippen LogP contribution >= 0.6 is 11.6 Å². The van der Waals surface area contributed by atoms with E-state index in [1.807, 2.05) is 0 Å². The highest BCUT2D eigenvalue weighted by atomic mass is 35.5. The Morgan fingerprint density at radius 1 is 1.28 bits per heavy atom. The van der Waals surface area contributed by atoms with Gasteiger partial charge in [0.2, 0.25) is 5.96 Å². The lowest BCUT2D eigenvalue weighted by Crippen LogP contribution is -2.26. The Balaban J connectivity index is 3.13. The van der Waals surface area contributed by atoms with Gasteiger partial charge in [-0.25, -0.2) is 4.99 Å². The maximum absolute atomic E-state index is 12.1. The van der Waals surface area contributed by atoms with Crippen molar-refractivity contribution in [3.63, 3.8) is 0 Å². The van der Waals surface area contributed by atoms with E-state index in [1.54, 1.807) is 0 Å². The number of aliphatic imine (C=N–C) groups is 2. The first-order valence-electron chi connectivity index (χ1n) is 4.56. The third-order valence-electron chi connectivity index (χ3n) is 1.62. The Labute approximate surface area is 106 Å². The molecule has 0 unspecified atom stereocenters. The van der Waals surface area contributed by atoms with E-state index in [0.717, 1.165) is 0 Å². The van der Waals surface area contributed by atoms with Crippen molar-refractivity contribution in [2.24, 2.45) is 27.2 Å². The van der Waals surface area contributed by atoms with Crippen molar-refractivity contribution in [3.05, 3.63) is 23.2 Å². The Morgan fingerprint density at radius 2 is 1.94 bits per heavy atom. The van der Waals surface area contributed by atoms with Gasteiger partial charge in [-0.15, -0.1) is 0 Å². The molecule has 0 radical (unpaired) electrons. The predicted octanol–water partition coefficient (Wildman–Crippen LogP) is 1.16. The number of nitrogens with two attached hydrogens (primary N) is 3. The fourth-order valence-corrected chi connectivity index (χ4v) is 1.22. The van der Waals surface area contributed by atoms with E-state index in [1.165, 1.54) is 18.2 Å². The monoisotopic (exact) mass is 277 g/mol. The first kappa shape index (κ1) is 14.0. The molecule has 0 fully saturated rings. The van der Waals surface area contributed by atoms with Gasteiger partial charge in [-0.05, 0) is 18.2 Å². The molecule has 0 saturated heterocycles. The fourth-order valence-electron chi connectivity index (χ4n) is 1.05. The summed E-state index contributed by atoms with van der Waals surface area (Å²) >= 11 is 5.70. The van der Waals surface area contributed by atoms with E-state index >= 15 is 0 Å². The van der Waals surface area contributed by atoms with Crippen LogP contribution in [0.2, 0.25) is 5.02 Å². The number of halogens is 3. The summed E-state index contributed by atoms with van der Waals surface area (Å²) in [7, 11) is 0. The van der Waals surface area contributed by atoms with Gasteiger partial charge < -0.3 is 21.9 Å². The third kappa shape index (κ3) is 4.42. The number of ether oxygens (including phenoxy) is 1. The smallest absolute Gasteiger partial charge is 0.387 e. The van der Waals surface area contributed by atoms with E-state index in [9.17, 15) is 8.78 Å². The van der Waals surface area contributed by atoms with Crippen LogP contribution in [0.3, 0.4) is 0 Å². The SMILES string of the molecule is NC(N)=NC(N)=Nc1cc(Cl)ccc1OC(F)F. The van der Waals surface area contributed by atoms with E-state index in [0.29, 0.717) is 0 Å². The van der Waals surface area contributed by atoms with Crippen LogP contribution in [-0.2, 0) is 0 Å². The van der Waals surface area contributed by atoms with Gasteiger partial charge in [0.25, 0.3) is 0 Å². The minimum Gasteiger partial charge on any atom is -0.433 e. The number of benzene rings is 1. The second-order valence-corrected chi connectivity index (χ2v) is 3.43. The second-order valence-electron chi connectivity index (χ2n) is 3.00. The van der Waals surface area contributed by atoms with Gasteiger partial charge in [-0.2, -0.15) is 13.8 Å². The molecule has 0 atom stereocenters. The van der Waals surface area contributed by atoms with Gasteiger partial charge in [0.1, 0.15) is 5.69 Å². The second kappa shape index (κ2) is 6.01. The summed E-state index contributed by atoms with van der Waals surface area (Å²) in [5.41, 5.74) is 15.5. The summed E-state index contributed by atoms with van der Waals surface area (Å²) in [4.78, 5) is 7.15. The number of hydrogen-bond donors (Lipinski definition) is 3. The Bertz CT molecular complexity index is 488. The van der Waals surface area contributed by atoms with Crippen LogP contribution in [0.25, 0.3) is 0 Å². The maximum Gasteiger partial charge on any atom is 0.387 e. The topological polar surface area (TPSA) is 112 Å². The summed E-state index contributed by atoms with van der Waals surface area (Å²) in [6.45, 7) is -3.00.